The molecule has 0 bridgehead atoms. The first kappa shape index (κ1) is 25.0. The van der Waals surface area contributed by atoms with Crippen molar-refractivity contribution in [3.63, 3.8) is 0 Å². The summed E-state index contributed by atoms with van der Waals surface area (Å²) in [7, 11) is 0. The van der Waals surface area contributed by atoms with Crippen molar-refractivity contribution in [2.75, 3.05) is 6.61 Å². The summed E-state index contributed by atoms with van der Waals surface area (Å²) in [6.45, 7) is 7.32. The topological polar surface area (TPSA) is 47.9 Å². The Bertz CT molecular complexity index is 1540. The van der Waals surface area contributed by atoms with E-state index in [4.69, 9.17) is 19.7 Å². The minimum atomic E-state index is -0.0445. The van der Waals surface area contributed by atoms with Gasteiger partial charge in [0.05, 0.1) is 0 Å². The molecule has 0 spiro atoms. The molecule has 0 N–H and O–H groups in total. The van der Waals surface area contributed by atoms with Gasteiger partial charge < -0.3 is 4.74 Å². The summed E-state index contributed by atoms with van der Waals surface area (Å²) < 4.78 is 6.37. The molecule has 0 radical (unpaired) electrons. The second kappa shape index (κ2) is 10.5. The summed E-state index contributed by atoms with van der Waals surface area (Å²) in [5.41, 5.74) is 8.12. The van der Waals surface area contributed by atoms with E-state index >= 15 is 0 Å². The van der Waals surface area contributed by atoms with Crippen molar-refractivity contribution in [1.29, 1.82) is 0 Å². The number of fused-ring (bicyclic) bond motifs is 1. The lowest BCUT2D eigenvalue weighted by atomic mass is 9.74. The van der Waals surface area contributed by atoms with E-state index < -0.39 is 0 Å². The maximum Gasteiger partial charge on any atom is 0.164 e. The van der Waals surface area contributed by atoms with Crippen molar-refractivity contribution in [3.05, 3.63) is 120 Å². The first-order valence-corrected chi connectivity index (χ1v) is 13.7. The molecule has 0 amide bonds. The Morgan fingerprint density at radius 2 is 1.28 bits per heavy atom. The molecule has 4 aromatic rings. The zero-order valence-electron chi connectivity index (χ0n) is 22.8. The predicted molar refractivity (Wildman–Crippen MR) is 159 cm³/mol. The fourth-order valence-electron chi connectivity index (χ4n) is 5.59. The van der Waals surface area contributed by atoms with Gasteiger partial charge in [0.15, 0.2) is 17.5 Å². The smallest absolute Gasteiger partial charge is 0.164 e. The molecule has 3 aromatic carbocycles. The van der Waals surface area contributed by atoms with E-state index in [-0.39, 0.29) is 5.41 Å². The van der Waals surface area contributed by atoms with E-state index in [9.17, 15) is 0 Å². The van der Waals surface area contributed by atoms with Gasteiger partial charge in [-0.05, 0) is 42.9 Å². The monoisotopic (exact) mass is 511 g/mol. The highest BCUT2D eigenvalue weighted by atomic mass is 16.5. The van der Waals surface area contributed by atoms with Crippen LogP contribution in [0.4, 0.5) is 0 Å². The van der Waals surface area contributed by atoms with Crippen LogP contribution in [-0.4, -0.2) is 21.6 Å². The maximum atomic E-state index is 6.37. The second-order valence-electron chi connectivity index (χ2n) is 10.7. The average molecular weight is 512 g/mol. The van der Waals surface area contributed by atoms with Crippen molar-refractivity contribution >= 4 is 11.1 Å². The highest BCUT2D eigenvalue weighted by Gasteiger charge is 2.34. The molecule has 0 saturated carbocycles. The van der Waals surface area contributed by atoms with E-state index in [1.54, 1.807) is 0 Å². The Labute approximate surface area is 230 Å². The van der Waals surface area contributed by atoms with Crippen molar-refractivity contribution in [2.24, 2.45) is 0 Å². The summed E-state index contributed by atoms with van der Waals surface area (Å²) in [6, 6.07) is 26.9. The molecule has 1 aromatic heterocycles. The van der Waals surface area contributed by atoms with Crippen molar-refractivity contribution in [3.8, 4) is 28.5 Å². The third-order valence-corrected chi connectivity index (χ3v) is 7.92. The van der Waals surface area contributed by atoms with E-state index in [0.717, 1.165) is 47.5 Å². The van der Waals surface area contributed by atoms with Crippen LogP contribution >= 0.6 is 0 Å². The third kappa shape index (κ3) is 4.83. The minimum absolute atomic E-state index is 0.0445. The number of hydrogen-bond acceptors (Lipinski definition) is 4. The summed E-state index contributed by atoms with van der Waals surface area (Å²) in [4.78, 5) is 14.7. The van der Waals surface area contributed by atoms with Crippen LogP contribution in [0.2, 0.25) is 0 Å². The van der Waals surface area contributed by atoms with Gasteiger partial charge in [0.1, 0.15) is 12.4 Å². The number of allylic oxidation sites excluding steroid dienone is 5. The molecular formula is C35H33N3O. The van der Waals surface area contributed by atoms with Gasteiger partial charge in [0.25, 0.3) is 0 Å². The highest BCUT2D eigenvalue weighted by Crippen LogP contribution is 2.46. The molecule has 0 unspecified atom stereocenters. The molecule has 2 aliphatic rings. The first-order valence-electron chi connectivity index (χ1n) is 13.7. The van der Waals surface area contributed by atoms with Crippen molar-refractivity contribution in [2.45, 2.75) is 45.4 Å². The van der Waals surface area contributed by atoms with Crippen LogP contribution in [0.3, 0.4) is 0 Å². The fourth-order valence-corrected chi connectivity index (χ4v) is 5.59. The number of nitrogens with zero attached hydrogens (tertiary/aromatic N) is 3. The predicted octanol–water partition coefficient (Wildman–Crippen LogP) is 8.47. The fraction of sp³-hybridized carbons (Fsp3) is 0.229. The number of para-hydroxylation sites is 1. The number of aromatic nitrogens is 3. The third-order valence-electron chi connectivity index (χ3n) is 7.92. The van der Waals surface area contributed by atoms with Crippen LogP contribution in [-0.2, 0) is 5.41 Å². The van der Waals surface area contributed by atoms with Gasteiger partial charge in [-0.15, -0.1) is 0 Å². The number of rotatable bonds is 4. The molecule has 1 aliphatic carbocycles. The highest BCUT2D eigenvalue weighted by molar-refractivity contribution is 5.78. The molecule has 4 heteroatoms. The molecule has 4 nitrogen and oxygen atoms in total. The molecule has 0 saturated heterocycles. The van der Waals surface area contributed by atoms with Crippen LogP contribution in [0.5, 0.6) is 5.75 Å². The lowest BCUT2D eigenvalue weighted by Crippen LogP contribution is -2.30. The van der Waals surface area contributed by atoms with E-state index in [1.807, 2.05) is 60.7 Å². The van der Waals surface area contributed by atoms with E-state index in [1.165, 1.54) is 22.3 Å². The molecular weight excluding hydrogens is 478 g/mol. The lowest BCUT2D eigenvalue weighted by Gasteiger charge is -2.36. The molecule has 39 heavy (non-hydrogen) atoms. The molecule has 0 atom stereocenters. The van der Waals surface area contributed by atoms with Gasteiger partial charge in [-0.1, -0.05) is 111 Å². The van der Waals surface area contributed by atoms with Crippen LogP contribution in [0, 0.1) is 0 Å². The van der Waals surface area contributed by atoms with Crippen molar-refractivity contribution in [1.82, 2.24) is 15.0 Å². The van der Waals surface area contributed by atoms with E-state index in [2.05, 4.69) is 57.2 Å². The molecule has 6 rings (SSSR count). The molecule has 1 aliphatic heterocycles. The Hall–Kier alpha value is -4.31. The Morgan fingerprint density at radius 1 is 0.692 bits per heavy atom. The number of benzene rings is 3. The Morgan fingerprint density at radius 3 is 1.92 bits per heavy atom. The standard InChI is InChI=1S/C35H33N3O/c1-4-28-23-39-31-29(19-12-20-30(31)35(28,2)3)24-17-11-18-27(22-21-24)34-37-32(25-13-7-5-8-14-25)36-33(38-34)26-15-9-6-10-16-26/h4-10,12-16,19-22H,11,17-18,23H2,1-3H3/b28-4+. The zero-order chi connectivity index (χ0) is 26.8. The second-order valence-corrected chi connectivity index (χ2v) is 10.7. The molecule has 194 valence electrons. The molecule has 0 fully saturated rings. The van der Waals surface area contributed by atoms with Crippen LogP contribution in [0.25, 0.3) is 33.9 Å². The van der Waals surface area contributed by atoms with Crippen LogP contribution in [0.15, 0.2) is 103 Å². The normalized spacial score (nSPS) is 17.5. The van der Waals surface area contributed by atoms with Gasteiger partial charge >= 0.3 is 0 Å². The van der Waals surface area contributed by atoms with Gasteiger partial charge in [-0.3, -0.25) is 0 Å². The maximum absolute atomic E-state index is 6.37. The minimum Gasteiger partial charge on any atom is -0.488 e. The Kier molecular flexibility index (Phi) is 6.70. The average Bonchev–Trinajstić information content (AvgIpc) is 3.24. The lowest BCUT2D eigenvalue weighted by molar-refractivity contribution is 0.295. The van der Waals surface area contributed by atoms with Crippen LogP contribution < -0.4 is 4.74 Å². The quantitative estimate of drug-likeness (QED) is 0.258. The summed E-state index contributed by atoms with van der Waals surface area (Å²) in [5.74, 6) is 3.15. The van der Waals surface area contributed by atoms with Gasteiger partial charge in [0.2, 0.25) is 0 Å². The van der Waals surface area contributed by atoms with E-state index in [0.29, 0.717) is 18.3 Å². The van der Waals surface area contributed by atoms with Gasteiger partial charge in [-0.25, -0.2) is 15.0 Å². The SMILES string of the molecule is C/C=C1\COc2c(C3=CC=C(c4nc(-c5ccccc5)nc(-c5ccccc5)n4)CCC3)cccc2C1(C)C. The Balaban J connectivity index is 1.42. The van der Waals surface area contributed by atoms with Gasteiger partial charge in [-0.2, -0.15) is 0 Å². The summed E-state index contributed by atoms with van der Waals surface area (Å²) in [5, 5.41) is 0. The summed E-state index contributed by atoms with van der Waals surface area (Å²) >= 11 is 0. The largest absolute Gasteiger partial charge is 0.488 e. The first-order chi connectivity index (χ1) is 19.0. The number of hydrogen-bond donors (Lipinski definition) is 0. The zero-order valence-corrected chi connectivity index (χ0v) is 22.8. The molecule has 2 heterocycles. The number of ether oxygens (including phenoxy) is 1. The van der Waals surface area contributed by atoms with Crippen molar-refractivity contribution < 1.29 is 4.74 Å². The summed E-state index contributed by atoms with van der Waals surface area (Å²) in [6.07, 6.45) is 9.52. The van der Waals surface area contributed by atoms with Gasteiger partial charge in [0, 0.05) is 27.7 Å². The van der Waals surface area contributed by atoms with Crippen LogP contribution in [0.1, 0.15) is 57.0 Å².